The highest BCUT2D eigenvalue weighted by atomic mass is 16.5. The number of anilines is 1. The third kappa shape index (κ3) is 5.63. The Morgan fingerprint density at radius 1 is 0.880 bits per heavy atom. The molecule has 25 heavy (non-hydrogen) atoms. The molecular weight excluding hydrogens is 310 g/mol. The molecule has 0 heterocycles. The van der Waals surface area contributed by atoms with E-state index in [4.69, 9.17) is 4.74 Å². The number of carbonyl (C=O) groups is 1. The standard InChI is InChI=1S/C22H29NO2/c1-21(2,3)17-12-18(22(4,5)6)14-19(13-17)23-20(24)25-15-16-10-8-7-9-11-16/h7-14H,15H2,1-6H3,(H,23,24). The SMILES string of the molecule is CC(C)(C)c1cc(NC(=O)OCc2ccccc2)cc(C(C)(C)C)c1. The smallest absolute Gasteiger partial charge is 0.411 e. The molecule has 0 aliphatic heterocycles. The van der Waals surface area contributed by atoms with Crippen LogP contribution in [0, 0.1) is 0 Å². The highest BCUT2D eigenvalue weighted by Gasteiger charge is 2.21. The molecule has 2 aromatic rings. The van der Waals surface area contributed by atoms with Crippen LogP contribution >= 0.6 is 0 Å². The summed E-state index contributed by atoms with van der Waals surface area (Å²) in [5, 5.41) is 2.88. The summed E-state index contributed by atoms with van der Waals surface area (Å²) in [5.41, 5.74) is 4.14. The lowest BCUT2D eigenvalue weighted by Gasteiger charge is -2.26. The fourth-order valence-electron chi connectivity index (χ4n) is 2.44. The van der Waals surface area contributed by atoms with E-state index in [0.717, 1.165) is 11.3 Å². The fraction of sp³-hybridized carbons (Fsp3) is 0.409. The molecule has 134 valence electrons. The van der Waals surface area contributed by atoms with Gasteiger partial charge in [-0.15, -0.1) is 0 Å². The first kappa shape index (κ1) is 19.0. The van der Waals surface area contributed by atoms with E-state index in [-0.39, 0.29) is 17.4 Å². The summed E-state index contributed by atoms with van der Waals surface area (Å²) in [5.74, 6) is 0. The Morgan fingerprint density at radius 2 is 1.40 bits per heavy atom. The third-order valence-electron chi connectivity index (χ3n) is 4.12. The van der Waals surface area contributed by atoms with Crippen LogP contribution in [-0.2, 0) is 22.2 Å². The molecule has 0 fully saturated rings. The maximum Gasteiger partial charge on any atom is 0.411 e. The van der Waals surface area contributed by atoms with Crippen molar-refractivity contribution in [1.82, 2.24) is 0 Å². The first-order valence-electron chi connectivity index (χ1n) is 8.69. The summed E-state index contributed by atoms with van der Waals surface area (Å²) < 4.78 is 5.33. The average molecular weight is 339 g/mol. The van der Waals surface area contributed by atoms with E-state index >= 15 is 0 Å². The molecule has 3 heteroatoms. The Morgan fingerprint density at radius 3 is 1.88 bits per heavy atom. The van der Waals surface area contributed by atoms with E-state index in [9.17, 15) is 4.79 Å². The predicted molar refractivity (Wildman–Crippen MR) is 104 cm³/mol. The Labute approximate surface area is 151 Å². The van der Waals surface area contributed by atoms with Crippen molar-refractivity contribution in [3.63, 3.8) is 0 Å². The van der Waals surface area contributed by atoms with E-state index in [1.807, 2.05) is 42.5 Å². The second-order valence-corrected chi connectivity index (χ2v) is 8.49. The van der Waals surface area contributed by atoms with Crippen LogP contribution in [0.2, 0.25) is 0 Å². The van der Waals surface area contributed by atoms with Crippen LogP contribution in [0.15, 0.2) is 48.5 Å². The molecule has 1 amide bonds. The van der Waals surface area contributed by atoms with Gasteiger partial charge in [-0.3, -0.25) is 5.32 Å². The van der Waals surface area contributed by atoms with Crippen molar-refractivity contribution in [2.24, 2.45) is 0 Å². The average Bonchev–Trinajstić information content (AvgIpc) is 2.52. The minimum atomic E-state index is -0.435. The van der Waals surface area contributed by atoms with Gasteiger partial charge in [-0.05, 0) is 39.7 Å². The molecule has 0 aliphatic carbocycles. The number of amides is 1. The molecule has 2 rings (SSSR count). The fourth-order valence-corrected chi connectivity index (χ4v) is 2.44. The monoisotopic (exact) mass is 339 g/mol. The first-order chi connectivity index (χ1) is 11.6. The summed E-state index contributed by atoms with van der Waals surface area (Å²) in [7, 11) is 0. The van der Waals surface area contributed by atoms with Crippen LogP contribution in [0.1, 0.15) is 58.2 Å². The molecule has 0 bridgehead atoms. The predicted octanol–water partition coefficient (Wildman–Crippen LogP) is 6.03. The van der Waals surface area contributed by atoms with Gasteiger partial charge in [-0.25, -0.2) is 4.79 Å². The van der Waals surface area contributed by atoms with Gasteiger partial charge < -0.3 is 4.74 Å². The summed E-state index contributed by atoms with van der Waals surface area (Å²) in [6, 6.07) is 15.9. The third-order valence-corrected chi connectivity index (χ3v) is 4.12. The quantitative estimate of drug-likeness (QED) is 0.741. The van der Waals surface area contributed by atoms with Gasteiger partial charge in [-0.2, -0.15) is 0 Å². The van der Waals surface area contributed by atoms with Gasteiger partial charge in [-0.1, -0.05) is 77.9 Å². The Kier molecular flexibility index (Phi) is 5.56. The van der Waals surface area contributed by atoms with Crippen molar-refractivity contribution >= 4 is 11.8 Å². The molecule has 0 aliphatic rings. The van der Waals surface area contributed by atoms with Gasteiger partial charge in [0.2, 0.25) is 0 Å². The van der Waals surface area contributed by atoms with Crippen molar-refractivity contribution in [2.75, 3.05) is 5.32 Å². The number of rotatable bonds is 3. The second-order valence-electron chi connectivity index (χ2n) is 8.49. The van der Waals surface area contributed by atoms with Crippen LogP contribution in [-0.4, -0.2) is 6.09 Å². The van der Waals surface area contributed by atoms with E-state index in [1.165, 1.54) is 11.1 Å². The summed E-state index contributed by atoms with van der Waals surface area (Å²) in [6.07, 6.45) is -0.435. The molecule has 0 unspecified atom stereocenters. The molecular formula is C22H29NO2. The molecule has 1 N–H and O–H groups in total. The zero-order valence-corrected chi connectivity index (χ0v) is 16.1. The Balaban J connectivity index is 2.16. The van der Waals surface area contributed by atoms with Crippen molar-refractivity contribution in [3.05, 3.63) is 65.2 Å². The van der Waals surface area contributed by atoms with Crippen molar-refractivity contribution in [1.29, 1.82) is 0 Å². The van der Waals surface area contributed by atoms with Crippen molar-refractivity contribution < 1.29 is 9.53 Å². The lowest BCUT2D eigenvalue weighted by Crippen LogP contribution is -2.19. The highest BCUT2D eigenvalue weighted by molar-refractivity contribution is 5.85. The van der Waals surface area contributed by atoms with Gasteiger partial charge in [0.05, 0.1) is 0 Å². The molecule has 0 radical (unpaired) electrons. The van der Waals surface area contributed by atoms with E-state index in [1.54, 1.807) is 0 Å². The maximum atomic E-state index is 12.2. The number of hydrogen-bond acceptors (Lipinski definition) is 2. The van der Waals surface area contributed by atoms with Crippen LogP contribution in [0.4, 0.5) is 10.5 Å². The Bertz CT molecular complexity index is 690. The summed E-state index contributed by atoms with van der Waals surface area (Å²) in [4.78, 5) is 12.2. The lowest BCUT2D eigenvalue weighted by molar-refractivity contribution is 0.155. The van der Waals surface area contributed by atoms with Gasteiger partial charge >= 0.3 is 6.09 Å². The Hall–Kier alpha value is -2.29. The van der Waals surface area contributed by atoms with E-state index in [2.05, 4.69) is 52.9 Å². The van der Waals surface area contributed by atoms with Gasteiger partial charge in [0, 0.05) is 5.69 Å². The molecule has 0 spiro atoms. The minimum Gasteiger partial charge on any atom is -0.444 e. The van der Waals surface area contributed by atoms with Crippen molar-refractivity contribution in [2.45, 2.75) is 59.0 Å². The zero-order chi connectivity index (χ0) is 18.7. The number of ether oxygens (including phenoxy) is 1. The number of benzene rings is 2. The minimum absolute atomic E-state index is 0.00559. The van der Waals surface area contributed by atoms with Crippen LogP contribution in [0.25, 0.3) is 0 Å². The number of nitrogens with one attached hydrogen (secondary N) is 1. The molecule has 2 aromatic carbocycles. The highest BCUT2D eigenvalue weighted by Crippen LogP contribution is 2.32. The maximum absolute atomic E-state index is 12.2. The summed E-state index contributed by atoms with van der Waals surface area (Å²) >= 11 is 0. The van der Waals surface area contributed by atoms with E-state index < -0.39 is 6.09 Å². The molecule has 0 saturated heterocycles. The van der Waals surface area contributed by atoms with Gasteiger partial charge in [0.25, 0.3) is 0 Å². The molecule has 0 saturated carbocycles. The second kappa shape index (κ2) is 7.30. The van der Waals surface area contributed by atoms with Crippen LogP contribution in [0.5, 0.6) is 0 Å². The largest absolute Gasteiger partial charge is 0.444 e. The number of carbonyl (C=O) groups excluding carboxylic acids is 1. The van der Waals surface area contributed by atoms with Crippen LogP contribution < -0.4 is 5.32 Å². The lowest BCUT2D eigenvalue weighted by atomic mass is 9.80. The molecule has 3 nitrogen and oxygen atoms in total. The van der Waals surface area contributed by atoms with Crippen molar-refractivity contribution in [3.8, 4) is 0 Å². The first-order valence-corrected chi connectivity index (χ1v) is 8.69. The topological polar surface area (TPSA) is 38.3 Å². The molecule has 0 atom stereocenters. The van der Waals surface area contributed by atoms with Crippen LogP contribution in [0.3, 0.4) is 0 Å². The zero-order valence-electron chi connectivity index (χ0n) is 16.1. The summed E-state index contributed by atoms with van der Waals surface area (Å²) in [6.45, 7) is 13.3. The van der Waals surface area contributed by atoms with E-state index in [0.29, 0.717) is 0 Å². The van der Waals surface area contributed by atoms with Gasteiger partial charge in [0.1, 0.15) is 6.61 Å². The number of hydrogen-bond donors (Lipinski definition) is 1. The molecule has 0 aromatic heterocycles. The van der Waals surface area contributed by atoms with Gasteiger partial charge in [0.15, 0.2) is 0 Å². The normalized spacial score (nSPS) is 11.9.